The fourth-order valence-electron chi connectivity index (χ4n) is 5.95. The second-order valence-electron chi connectivity index (χ2n) is 9.91. The van der Waals surface area contributed by atoms with E-state index >= 15 is 0 Å². The molecule has 2 N–H and O–H groups in total. The number of aryl methyl sites for hydroxylation is 1. The average Bonchev–Trinajstić information content (AvgIpc) is 3.32. The van der Waals surface area contributed by atoms with Crippen LogP contribution in [0, 0.1) is 5.92 Å². The van der Waals surface area contributed by atoms with Crippen LogP contribution < -0.4 is 10.6 Å². The Kier molecular flexibility index (Phi) is 5.85. The first-order chi connectivity index (χ1) is 16.0. The van der Waals surface area contributed by atoms with Gasteiger partial charge in [0.25, 0.3) is 5.91 Å². The molecule has 2 heterocycles. The van der Waals surface area contributed by atoms with Gasteiger partial charge in [-0.25, -0.2) is 4.79 Å². The molecule has 3 fully saturated rings. The Hall–Kier alpha value is -2.90. The van der Waals surface area contributed by atoms with Crippen LogP contribution in [0.2, 0.25) is 0 Å². The zero-order valence-corrected chi connectivity index (χ0v) is 19.0. The minimum atomic E-state index is -1.06. The smallest absolute Gasteiger partial charge is 0.325 e. The minimum absolute atomic E-state index is 0.0240. The molecule has 0 radical (unpaired) electrons. The Morgan fingerprint density at radius 2 is 1.85 bits per heavy atom. The monoisotopic (exact) mass is 452 g/mol. The Bertz CT molecular complexity index is 973. The van der Waals surface area contributed by atoms with Crippen LogP contribution in [-0.2, 0) is 26.3 Å². The van der Waals surface area contributed by atoms with Crippen molar-refractivity contribution in [2.75, 3.05) is 19.6 Å². The summed E-state index contributed by atoms with van der Waals surface area (Å²) < 4.78 is 0. The molecule has 0 bridgehead atoms. The average molecular weight is 453 g/mol. The van der Waals surface area contributed by atoms with Crippen LogP contribution in [0.5, 0.6) is 0 Å². The molecule has 8 nitrogen and oxygen atoms in total. The van der Waals surface area contributed by atoms with Gasteiger partial charge in [-0.15, -0.1) is 0 Å². The summed E-state index contributed by atoms with van der Waals surface area (Å²) >= 11 is 0. The van der Waals surface area contributed by atoms with E-state index in [1.165, 1.54) is 6.42 Å². The first kappa shape index (κ1) is 21.9. The van der Waals surface area contributed by atoms with E-state index in [4.69, 9.17) is 0 Å². The minimum Gasteiger partial charge on any atom is -0.353 e. The van der Waals surface area contributed by atoms with Crippen molar-refractivity contribution in [3.63, 3.8) is 0 Å². The number of hydrogen-bond donors (Lipinski definition) is 2. The number of carbonyl (C=O) groups excluding carboxylic acids is 4. The standard InChI is InChI=1S/C25H32N4O4/c30-21(28-14-6-8-18(15-28)22(31)26-19-9-2-1-3-10-19)16-29-23(32)25(27-24(29)33)13-12-17-7-4-5-11-20(17)25/h4-5,7,11,18-19H,1-3,6,8-10,12-16H2,(H,26,31)(H,27,33). The fourth-order valence-corrected chi connectivity index (χ4v) is 5.95. The molecule has 1 spiro atoms. The Morgan fingerprint density at radius 1 is 1.06 bits per heavy atom. The van der Waals surface area contributed by atoms with E-state index in [-0.39, 0.29) is 36.2 Å². The molecule has 1 saturated carbocycles. The Balaban J connectivity index is 1.22. The lowest BCUT2D eigenvalue weighted by atomic mass is 9.92. The van der Waals surface area contributed by atoms with Gasteiger partial charge in [0.2, 0.25) is 11.8 Å². The molecule has 2 aliphatic heterocycles. The van der Waals surface area contributed by atoms with E-state index in [2.05, 4.69) is 10.6 Å². The first-order valence-electron chi connectivity index (χ1n) is 12.3. The summed E-state index contributed by atoms with van der Waals surface area (Å²) in [7, 11) is 0. The number of imide groups is 1. The Labute approximate surface area is 194 Å². The number of nitrogens with zero attached hydrogens (tertiary/aromatic N) is 2. The quantitative estimate of drug-likeness (QED) is 0.683. The summed E-state index contributed by atoms with van der Waals surface area (Å²) in [6, 6.07) is 7.38. The molecule has 8 heteroatoms. The number of fused-ring (bicyclic) bond motifs is 2. The van der Waals surface area contributed by atoms with Gasteiger partial charge >= 0.3 is 6.03 Å². The van der Waals surface area contributed by atoms with Gasteiger partial charge in [-0.3, -0.25) is 19.3 Å². The van der Waals surface area contributed by atoms with Crippen molar-refractivity contribution in [2.24, 2.45) is 5.92 Å². The summed E-state index contributed by atoms with van der Waals surface area (Å²) in [5, 5.41) is 6.04. The topological polar surface area (TPSA) is 98.8 Å². The lowest BCUT2D eigenvalue weighted by Gasteiger charge is -2.34. The van der Waals surface area contributed by atoms with E-state index in [0.29, 0.717) is 25.9 Å². The first-order valence-corrected chi connectivity index (χ1v) is 12.3. The van der Waals surface area contributed by atoms with Crippen molar-refractivity contribution in [3.8, 4) is 0 Å². The SMILES string of the molecule is O=C(NC1CCCCC1)C1CCCN(C(=O)CN2C(=O)NC3(CCc4ccccc43)C2=O)C1. The highest BCUT2D eigenvalue weighted by Crippen LogP contribution is 2.41. The van der Waals surface area contributed by atoms with Gasteiger partial charge in [0.15, 0.2) is 0 Å². The second-order valence-corrected chi connectivity index (χ2v) is 9.91. The van der Waals surface area contributed by atoms with Crippen molar-refractivity contribution in [1.82, 2.24) is 20.4 Å². The number of amides is 5. The zero-order chi connectivity index (χ0) is 23.0. The number of urea groups is 1. The molecule has 2 atom stereocenters. The molecule has 2 aliphatic carbocycles. The molecular weight excluding hydrogens is 420 g/mol. The number of rotatable bonds is 4. The third kappa shape index (κ3) is 4.00. The largest absolute Gasteiger partial charge is 0.353 e. The molecule has 5 rings (SSSR count). The maximum Gasteiger partial charge on any atom is 0.325 e. The summed E-state index contributed by atoms with van der Waals surface area (Å²) in [6.07, 6.45) is 8.31. The highest BCUT2D eigenvalue weighted by Gasteiger charge is 2.55. The highest BCUT2D eigenvalue weighted by atomic mass is 16.2. The maximum absolute atomic E-state index is 13.3. The number of likely N-dealkylation sites (tertiary alicyclic amines) is 1. The van der Waals surface area contributed by atoms with Gasteiger partial charge in [0.1, 0.15) is 12.1 Å². The van der Waals surface area contributed by atoms with Crippen molar-refractivity contribution >= 4 is 23.8 Å². The van der Waals surface area contributed by atoms with Crippen LogP contribution in [-0.4, -0.2) is 59.2 Å². The zero-order valence-electron chi connectivity index (χ0n) is 19.0. The molecule has 1 aromatic rings. The number of piperidine rings is 1. The molecule has 2 saturated heterocycles. The van der Waals surface area contributed by atoms with Gasteiger partial charge in [0, 0.05) is 19.1 Å². The fraction of sp³-hybridized carbons (Fsp3) is 0.600. The number of hydrogen-bond acceptors (Lipinski definition) is 4. The molecule has 1 aromatic carbocycles. The van der Waals surface area contributed by atoms with E-state index in [1.807, 2.05) is 24.3 Å². The summed E-state index contributed by atoms with van der Waals surface area (Å²) in [5.41, 5.74) is 0.830. The van der Waals surface area contributed by atoms with E-state index in [9.17, 15) is 19.2 Å². The molecule has 4 aliphatic rings. The van der Waals surface area contributed by atoms with E-state index in [1.54, 1.807) is 4.90 Å². The van der Waals surface area contributed by atoms with Crippen LogP contribution in [0.25, 0.3) is 0 Å². The molecule has 0 aromatic heterocycles. The third-order valence-electron chi connectivity index (χ3n) is 7.81. The molecular formula is C25H32N4O4. The molecule has 5 amide bonds. The lowest BCUT2D eigenvalue weighted by Crippen LogP contribution is -2.50. The van der Waals surface area contributed by atoms with Crippen LogP contribution in [0.4, 0.5) is 4.79 Å². The molecule has 2 unspecified atom stereocenters. The van der Waals surface area contributed by atoms with Crippen LogP contribution in [0.1, 0.15) is 62.5 Å². The summed E-state index contributed by atoms with van der Waals surface area (Å²) in [5.74, 6) is -0.844. The van der Waals surface area contributed by atoms with Crippen molar-refractivity contribution in [2.45, 2.75) is 69.4 Å². The van der Waals surface area contributed by atoms with Crippen molar-refractivity contribution < 1.29 is 19.2 Å². The number of nitrogens with one attached hydrogen (secondary N) is 2. The maximum atomic E-state index is 13.3. The Morgan fingerprint density at radius 3 is 2.67 bits per heavy atom. The van der Waals surface area contributed by atoms with E-state index in [0.717, 1.165) is 54.6 Å². The predicted molar refractivity (Wildman–Crippen MR) is 121 cm³/mol. The van der Waals surface area contributed by atoms with Crippen LogP contribution in [0.3, 0.4) is 0 Å². The number of carbonyl (C=O) groups is 4. The normalized spacial score (nSPS) is 27.6. The number of benzene rings is 1. The van der Waals surface area contributed by atoms with Gasteiger partial charge < -0.3 is 15.5 Å². The predicted octanol–water partition coefficient (Wildman–Crippen LogP) is 2.07. The molecule has 176 valence electrons. The van der Waals surface area contributed by atoms with Crippen LogP contribution in [0.15, 0.2) is 24.3 Å². The third-order valence-corrected chi connectivity index (χ3v) is 7.81. The molecule has 33 heavy (non-hydrogen) atoms. The van der Waals surface area contributed by atoms with E-state index < -0.39 is 11.6 Å². The lowest BCUT2D eigenvalue weighted by molar-refractivity contribution is -0.141. The second kappa shape index (κ2) is 8.80. The summed E-state index contributed by atoms with van der Waals surface area (Å²) in [6.45, 7) is 0.601. The van der Waals surface area contributed by atoms with Gasteiger partial charge in [-0.1, -0.05) is 43.5 Å². The highest BCUT2D eigenvalue weighted by molar-refractivity contribution is 6.10. The summed E-state index contributed by atoms with van der Waals surface area (Å²) in [4.78, 5) is 54.6. The van der Waals surface area contributed by atoms with Crippen LogP contribution >= 0.6 is 0 Å². The van der Waals surface area contributed by atoms with Crippen molar-refractivity contribution in [1.29, 1.82) is 0 Å². The van der Waals surface area contributed by atoms with Crippen molar-refractivity contribution in [3.05, 3.63) is 35.4 Å². The van der Waals surface area contributed by atoms with Gasteiger partial charge in [-0.05, 0) is 49.7 Å². The van der Waals surface area contributed by atoms with Gasteiger partial charge in [-0.2, -0.15) is 0 Å². The van der Waals surface area contributed by atoms with Gasteiger partial charge in [0.05, 0.1) is 5.92 Å².